The maximum atomic E-state index is 12.6. The fourth-order valence-electron chi connectivity index (χ4n) is 1.17. The SMILES string of the molecule is O=S(=O)=C(CCCl)Cc1ccc(F)cc1. The van der Waals surface area contributed by atoms with Gasteiger partial charge in [-0.1, -0.05) is 12.1 Å². The van der Waals surface area contributed by atoms with Gasteiger partial charge >= 0.3 is 0 Å². The van der Waals surface area contributed by atoms with Crippen LogP contribution >= 0.6 is 11.6 Å². The molecule has 5 heteroatoms. The van der Waals surface area contributed by atoms with E-state index in [1.54, 1.807) is 12.1 Å². The van der Waals surface area contributed by atoms with E-state index in [1.807, 2.05) is 0 Å². The first kappa shape index (κ1) is 12.2. The monoisotopic (exact) mass is 248 g/mol. The quantitative estimate of drug-likeness (QED) is 0.604. The molecule has 0 atom stereocenters. The van der Waals surface area contributed by atoms with Gasteiger partial charge in [-0.25, -0.2) is 4.39 Å². The Balaban J connectivity index is 2.85. The van der Waals surface area contributed by atoms with Crippen LogP contribution in [0.15, 0.2) is 24.3 Å². The van der Waals surface area contributed by atoms with Crippen molar-refractivity contribution in [3.8, 4) is 0 Å². The molecule has 82 valence electrons. The lowest BCUT2D eigenvalue weighted by Crippen LogP contribution is -2.05. The smallest absolute Gasteiger partial charge is 0.207 e. The molecule has 1 rings (SSSR count). The van der Waals surface area contributed by atoms with Gasteiger partial charge in [-0.05, 0) is 24.1 Å². The molecule has 0 aliphatic carbocycles. The summed E-state index contributed by atoms with van der Waals surface area (Å²) < 4.78 is 34.2. The van der Waals surface area contributed by atoms with Gasteiger partial charge in [0.2, 0.25) is 10.3 Å². The van der Waals surface area contributed by atoms with E-state index in [-0.39, 0.29) is 11.7 Å². The molecule has 0 aromatic heterocycles. The predicted octanol–water partition coefficient (Wildman–Crippen LogP) is 2.05. The Bertz CT molecular complexity index is 443. The highest BCUT2D eigenvalue weighted by atomic mass is 35.5. The van der Waals surface area contributed by atoms with E-state index < -0.39 is 10.3 Å². The number of alkyl halides is 1. The van der Waals surface area contributed by atoms with Crippen LogP contribution in [-0.4, -0.2) is 19.2 Å². The van der Waals surface area contributed by atoms with Crippen molar-refractivity contribution < 1.29 is 12.8 Å². The average molecular weight is 249 g/mol. The third-order valence-electron chi connectivity index (χ3n) is 1.92. The van der Waals surface area contributed by atoms with Crippen molar-refractivity contribution in [2.45, 2.75) is 12.8 Å². The molecular formula is C10H10ClFO2S. The number of hydrogen-bond donors (Lipinski definition) is 0. The van der Waals surface area contributed by atoms with Crippen LogP contribution in [0.2, 0.25) is 0 Å². The summed E-state index contributed by atoms with van der Waals surface area (Å²) in [5.74, 6) is -0.0641. The zero-order valence-corrected chi connectivity index (χ0v) is 9.48. The molecule has 1 aromatic carbocycles. The van der Waals surface area contributed by atoms with Crippen molar-refractivity contribution in [3.63, 3.8) is 0 Å². The third kappa shape index (κ3) is 4.01. The first-order valence-electron chi connectivity index (χ1n) is 4.38. The van der Waals surface area contributed by atoms with Crippen molar-refractivity contribution >= 4 is 26.8 Å². The summed E-state index contributed by atoms with van der Waals surface area (Å²) in [5.41, 5.74) is 0.765. The highest BCUT2D eigenvalue weighted by molar-refractivity contribution is 7.73. The van der Waals surface area contributed by atoms with Crippen molar-refractivity contribution in [1.29, 1.82) is 0 Å². The van der Waals surface area contributed by atoms with Gasteiger partial charge in [-0.3, -0.25) is 0 Å². The molecule has 0 aliphatic heterocycles. The molecule has 0 radical (unpaired) electrons. The topological polar surface area (TPSA) is 34.1 Å². The van der Waals surface area contributed by atoms with Gasteiger partial charge in [0.1, 0.15) is 5.82 Å². The normalized spacial score (nSPS) is 10.0. The molecule has 0 saturated carbocycles. The molecule has 2 nitrogen and oxygen atoms in total. The van der Waals surface area contributed by atoms with Crippen LogP contribution in [0.5, 0.6) is 0 Å². The van der Waals surface area contributed by atoms with Crippen LogP contribution in [0.25, 0.3) is 0 Å². The van der Waals surface area contributed by atoms with Gasteiger partial charge in [0.25, 0.3) is 0 Å². The van der Waals surface area contributed by atoms with Gasteiger partial charge < -0.3 is 0 Å². The molecule has 0 unspecified atom stereocenters. The number of halogens is 2. The Kier molecular flexibility index (Phi) is 4.78. The highest BCUT2D eigenvalue weighted by Crippen LogP contribution is 2.05. The predicted molar refractivity (Wildman–Crippen MR) is 59.4 cm³/mol. The van der Waals surface area contributed by atoms with Gasteiger partial charge in [-0.2, -0.15) is 8.42 Å². The summed E-state index contributed by atoms with van der Waals surface area (Å²) in [6, 6.07) is 5.75. The minimum atomic E-state index is -2.22. The standard InChI is InChI=1S/C10H10ClFO2S/c11-6-5-10(15(13)14)7-8-1-3-9(12)4-2-8/h1-4H,5-7H2. The molecule has 0 amide bonds. The van der Waals surface area contributed by atoms with Crippen molar-refractivity contribution in [2.24, 2.45) is 0 Å². The van der Waals surface area contributed by atoms with Crippen LogP contribution < -0.4 is 0 Å². The second-order valence-electron chi connectivity index (χ2n) is 3.02. The van der Waals surface area contributed by atoms with E-state index >= 15 is 0 Å². The molecule has 0 aliphatic rings. The molecular weight excluding hydrogens is 239 g/mol. The summed E-state index contributed by atoms with van der Waals surface area (Å²) in [5, 5.41) is 0. The lowest BCUT2D eigenvalue weighted by Gasteiger charge is -2.00. The Hall–Kier alpha value is -0.870. The number of benzene rings is 1. The van der Waals surface area contributed by atoms with Crippen molar-refractivity contribution in [1.82, 2.24) is 0 Å². The molecule has 15 heavy (non-hydrogen) atoms. The third-order valence-corrected chi connectivity index (χ3v) is 2.93. The summed E-state index contributed by atoms with van der Waals surface area (Å²) >= 11 is 5.48. The molecule has 1 aromatic rings. The first-order chi connectivity index (χ1) is 7.13. The van der Waals surface area contributed by atoms with E-state index in [1.165, 1.54) is 12.1 Å². The summed E-state index contributed by atoms with van der Waals surface area (Å²) in [6.45, 7) is 0. The van der Waals surface area contributed by atoms with Crippen molar-refractivity contribution in [2.75, 3.05) is 5.88 Å². The Morgan fingerprint density at radius 1 is 1.27 bits per heavy atom. The van der Waals surface area contributed by atoms with Crippen LogP contribution in [0, 0.1) is 5.82 Å². The maximum Gasteiger partial charge on any atom is 0.213 e. The largest absolute Gasteiger partial charge is 0.213 e. The Labute approximate surface area is 94.2 Å². The van der Waals surface area contributed by atoms with Gasteiger partial charge in [-0.15, -0.1) is 11.6 Å². The van der Waals surface area contributed by atoms with Gasteiger partial charge in [0, 0.05) is 12.3 Å². The minimum absolute atomic E-state index is 0.268. The number of hydrogen-bond acceptors (Lipinski definition) is 2. The zero-order chi connectivity index (χ0) is 11.3. The molecule has 0 bridgehead atoms. The second kappa shape index (κ2) is 5.88. The number of rotatable bonds is 4. The average Bonchev–Trinajstić information content (AvgIpc) is 2.20. The van der Waals surface area contributed by atoms with E-state index in [2.05, 4.69) is 0 Å². The molecule has 0 saturated heterocycles. The summed E-state index contributed by atoms with van der Waals surface area (Å²) in [6.07, 6.45) is 0.623. The van der Waals surface area contributed by atoms with Crippen LogP contribution in [0.1, 0.15) is 12.0 Å². The molecule has 0 fully saturated rings. The van der Waals surface area contributed by atoms with E-state index in [9.17, 15) is 12.8 Å². The minimum Gasteiger partial charge on any atom is -0.207 e. The Morgan fingerprint density at radius 2 is 1.87 bits per heavy atom. The van der Waals surface area contributed by atoms with Crippen molar-refractivity contribution in [3.05, 3.63) is 35.6 Å². The van der Waals surface area contributed by atoms with Crippen LogP contribution in [0.4, 0.5) is 4.39 Å². The maximum absolute atomic E-state index is 12.6. The van der Waals surface area contributed by atoms with E-state index in [4.69, 9.17) is 11.6 Å². The zero-order valence-electron chi connectivity index (χ0n) is 7.91. The lowest BCUT2D eigenvalue weighted by atomic mass is 10.1. The van der Waals surface area contributed by atoms with E-state index in [0.717, 1.165) is 5.56 Å². The highest BCUT2D eigenvalue weighted by Gasteiger charge is 2.03. The molecule has 0 N–H and O–H groups in total. The van der Waals surface area contributed by atoms with Crippen LogP contribution in [0.3, 0.4) is 0 Å². The van der Waals surface area contributed by atoms with Gasteiger partial charge in [0.15, 0.2) is 0 Å². The molecule has 0 heterocycles. The first-order valence-corrected chi connectivity index (χ1v) is 5.99. The van der Waals surface area contributed by atoms with Crippen LogP contribution in [-0.2, 0) is 16.7 Å². The summed E-state index contributed by atoms with van der Waals surface area (Å²) in [7, 11) is -2.22. The lowest BCUT2D eigenvalue weighted by molar-refractivity contribution is 0.626. The fourth-order valence-corrected chi connectivity index (χ4v) is 2.06. The Morgan fingerprint density at radius 3 is 2.33 bits per heavy atom. The fraction of sp³-hybridized carbons (Fsp3) is 0.300. The van der Waals surface area contributed by atoms with E-state index in [0.29, 0.717) is 17.7 Å². The second-order valence-corrected chi connectivity index (χ2v) is 4.44. The summed E-state index contributed by atoms with van der Waals surface area (Å²) in [4.78, 5) is 0.344. The van der Waals surface area contributed by atoms with Gasteiger partial charge in [0.05, 0.1) is 4.86 Å². The molecule has 0 spiro atoms.